The number of hydrogen-bond acceptors (Lipinski definition) is 4. The predicted molar refractivity (Wildman–Crippen MR) is 82.1 cm³/mol. The van der Waals surface area contributed by atoms with E-state index < -0.39 is 0 Å². The third-order valence-corrected chi connectivity index (χ3v) is 3.16. The molecule has 104 valence electrons. The first-order valence-electron chi connectivity index (χ1n) is 6.45. The van der Waals surface area contributed by atoms with E-state index in [1.807, 2.05) is 31.2 Å². The molecule has 1 rings (SSSR count). The first-order valence-corrected chi connectivity index (χ1v) is 7.60. The Morgan fingerprint density at radius 2 is 1.95 bits per heavy atom. The molecule has 19 heavy (non-hydrogen) atoms. The smallest absolute Gasteiger partial charge is 0.161 e. The summed E-state index contributed by atoms with van der Waals surface area (Å²) in [5, 5.41) is 3.31. The molecule has 1 N–H and O–H groups in total. The summed E-state index contributed by atoms with van der Waals surface area (Å²) >= 11 is 1.76. The van der Waals surface area contributed by atoms with E-state index in [-0.39, 0.29) is 0 Å². The normalized spacial score (nSPS) is 9.89. The third kappa shape index (κ3) is 7.00. The Kier molecular flexibility index (Phi) is 8.78. The monoisotopic (exact) mass is 279 g/mol. The lowest BCUT2D eigenvalue weighted by Gasteiger charge is -2.11. The Labute approximate surface area is 120 Å². The van der Waals surface area contributed by atoms with Crippen LogP contribution in [-0.2, 0) is 0 Å². The second-order valence-corrected chi connectivity index (χ2v) is 4.84. The maximum atomic E-state index is 5.69. The molecule has 0 saturated heterocycles. The summed E-state index contributed by atoms with van der Waals surface area (Å²) in [6.45, 7) is 5.00. The van der Waals surface area contributed by atoms with E-state index in [1.54, 1.807) is 11.8 Å². The zero-order valence-corrected chi connectivity index (χ0v) is 12.2. The summed E-state index contributed by atoms with van der Waals surface area (Å²) in [6, 6.07) is 7.73. The van der Waals surface area contributed by atoms with Gasteiger partial charge in [0, 0.05) is 18.8 Å². The van der Waals surface area contributed by atoms with Gasteiger partial charge >= 0.3 is 0 Å². The zero-order valence-electron chi connectivity index (χ0n) is 11.4. The van der Waals surface area contributed by atoms with E-state index in [9.17, 15) is 0 Å². The van der Waals surface area contributed by atoms with Crippen LogP contribution >= 0.6 is 11.8 Å². The van der Waals surface area contributed by atoms with Crippen LogP contribution in [0.5, 0.6) is 11.5 Å². The van der Waals surface area contributed by atoms with Gasteiger partial charge in [-0.05, 0) is 19.1 Å². The summed E-state index contributed by atoms with van der Waals surface area (Å²) in [7, 11) is 0. The molecule has 0 aromatic heterocycles. The van der Waals surface area contributed by atoms with Crippen LogP contribution in [-0.4, -0.2) is 37.8 Å². The van der Waals surface area contributed by atoms with Crippen molar-refractivity contribution < 1.29 is 9.47 Å². The molecular weight excluding hydrogens is 258 g/mol. The molecule has 1 aromatic rings. The van der Waals surface area contributed by atoms with Crippen LogP contribution in [0.3, 0.4) is 0 Å². The molecule has 0 spiro atoms. The Hall–Kier alpha value is -1.31. The minimum absolute atomic E-state index is 0.629. The zero-order chi connectivity index (χ0) is 13.8. The van der Waals surface area contributed by atoms with Crippen molar-refractivity contribution in [2.24, 2.45) is 0 Å². The Bertz CT molecular complexity index is 390. The minimum Gasteiger partial charge on any atom is -0.490 e. The quantitative estimate of drug-likeness (QED) is 0.526. The molecule has 0 aliphatic rings. The first-order chi connectivity index (χ1) is 9.38. The molecule has 0 unspecified atom stereocenters. The van der Waals surface area contributed by atoms with Crippen LogP contribution in [0.4, 0.5) is 0 Å². The van der Waals surface area contributed by atoms with Crippen molar-refractivity contribution in [1.82, 2.24) is 5.32 Å². The van der Waals surface area contributed by atoms with Crippen molar-refractivity contribution in [2.75, 3.05) is 37.8 Å². The van der Waals surface area contributed by atoms with Crippen LogP contribution in [0.25, 0.3) is 0 Å². The lowest BCUT2D eigenvalue weighted by Crippen LogP contribution is -2.23. The average molecular weight is 279 g/mol. The van der Waals surface area contributed by atoms with Gasteiger partial charge in [-0.1, -0.05) is 18.1 Å². The SMILES string of the molecule is C#CCSCCNCCOc1ccccc1OCC. The van der Waals surface area contributed by atoms with Crippen LogP contribution < -0.4 is 14.8 Å². The van der Waals surface area contributed by atoms with E-state index in [4.69, 9.17) is 15.9 Å². The van der Waals surface area contributed by atoms with Gasteiger partial charge in [-0.3, -0.25) is 0 Å². The number of hydrogen-bond donors (Lipinski definition) is 1. The van der Waals surface area contributed by atoms with Gasteiger partial charge in [-0.15, -0.1) is 18.2 Å². The Morgan fingerprint density at radius 1 is 1.21 bits per heavy atom. The lowest BCUT2D eigenvalue weighted by atomic mass is 10.3. The van der Waals surface area contributed by atoms with Crippen LogP contribution in [0, 0.1) is 12.3 Å². The fraction of sp³-hybridized carbons (Fsp3) is 0.467. The number of benzene rings is 1. The summed E-state index contributed by atoms with van der Waals surface area (Å²) in [5.41, 5.74) is 0. The van der Waals surface area contributed by atoms with Crippen LogP contribution in [0.2, 0.25) is 0 Å². The van der Waals surface area contributed by atoms with Crippen molar-refractivity contribution in [1.29, 1.82) is 0 Å². The maximum Gasteiger partial charge on any atom is 0.161 e. The molecule has 0 amide bonds. The molecule has 0 radical (unpaired) electrons. The van der Waals surface area contributed by atoms with Crippen LogP contribution in [0.15, 0.2) is 24.3 Å². The van der Waals surface area contributed by atoms with Gasteiger partial charge < -0.3 is 14.8 Å². The minimum atomic E-state index is 0.629. The largest absolute Gasteiger partial charge is 0.490 e. The van der Waals surface area contributed by atoms with Crippen molar-refractivity contribution in [3.63, 3.8) is 0 Å². The highest BCUT2D eigenvalue weighted by molar-refractivity contribution is 7.99. The molecule has 0 aliphatic heterocycles. The highest BCUT2D eigenvalue weighted by Crippen LogP contribution is 2.25. The summed E-state index contributed by atoms with van der Waals surface area (Å²) in [6.07, 6.45) is 5.17. The molecule has 0 bridgehead atoms. The summed E-state index contributed by atoms with van der Waals surface area (Å²) in [4.78, 5) is 0. The predicted octanol–water partition coefficient (Wildman–Crippen LogP) is 2.42. The number of para-hydroxylation sites is 2. The second kappa shape index (κ2) is 10.6. The maximum absolute atomic E-state index is 5.69. The average Bonchev–Trinajstić information content (AvgIpc) is 2.44. The van der Waals surface area contributed by atoms with Crippen LogP contribution in [0.1, 0.15) is 6.92 Å². The van der Waals surface area contributed by atoms with E-state index in [1.165, 1.54) is 0 Å². The number of rotatable bonds is 10. The topological polar surface area (TPSA) is 30.5 Å². The Balaban J connectivity index is 2.14. The van der Waals surface area contributed by atoms with Crippen molar-refractivity contribution >= 4 is 11.8 Å². The van der Waals surface area contributed by atoms with Gasteiger partial charge in [-0.25, -0.2) is 0 Å². The molecule has 4 heteroatoms. The highest BCUT2D eigenvalue weighted by Gasteiger charge is 2.02. The van der Waals surface area contributed by atoms with Crippen molar-refractivity contribution in [3.8, 4) is 23.8 Å². The summed E-state index contributed by atoms with van der Waals surface area (Å²) < 4.78 is 11.2. The lowest BCUT2D eigenvalue weighted by molar-refractivity contribution is 0.276. The Morgan fingerprint density at radius 3 is 2.63 bits per heavy atom. The fourth-order valence-electron chi connectivity index (χ4n) is 1.48. The molecule has 0 saturated carbocycles. The van der Waals surface area contributed by atoms with Gasteiger partial charge in [0.2, 0.25) is 0 Å². The number of thioether (sulfide) groups is 1. The van der Waals surface area contributed by atoms with Gasteiger partial charge in [0.1, 0.15) is 6.61 Å². The number of terminal acetylenes is 1. The molecule has 0 fully saturated rings. The number of ether oxygens (including phenoxy) is 2. The van der Waals surface area contributed by atoms with E-state index in [0.29, 0.717) is 13.2 Å². The van der Waals surface area contributed by atoms with E-state index in [2.05, 4.69) is 11.2 Å². The summed E-state index contributed by atoms with van der Waals surface area (Å²) in [5.74, 6) is 6.01. The molecular formula is C15H21NO2S. The van der Waals surface area contributed by atoms with E-state index in [0.717, 1.165) is 36.1 Å². The molecule has 0 aliphatic carbocycles. The second-order valence-electron chi connectivity index (χ2n) is 3.73. The first kappa shape index (κ1) is 15.7. The van der Waals surface area contributed by atoms with Crippen molar-refractivity contribution in [3.05, 3.63) is 24.3 Å². The van der Waals surface area contributed by atoms with Crippen molar-refractivity contribution in [2.45, 2.75) is 6.92 Å². The molecule has 3 nitrogen and oxygen atoms in total. The standard InChI is InChI=1S/C15H21NO2S/c1-3-12-19-13-10-16-9-11-18-15-8-6-5-7-14(15)17-4-2/h1,5-8,16H,4,9-13H2,2H3. The van der Waals surface area contributed by atoms with E-state index >= 15 is 0 Å². The number of nitrogens with one attached hydrogen (secondary N) is 1. The highest BCUT2D eigenvalue weighted by atomic mass is 32.2. The van der Waals surface area contributed by atoms with Gasteiger partial charge in [0.05, 0.1) is 12.4 Å². The fourth-order valence-corrected chi connectivity index (χ4v) is 2.03. The van der Waals surface area contributed by atoms with Gasteiger partial charge in [0.15, 0.2) is 11.5 Å². The van der Waals surface area contributed by atoms with Gasteiger partial charge in [-0.2, -0.15) is 0 Å². The molecule has 0 heterocycles. The van der Waals surface area contributed by atoms with Gasteiger partial charge in [0.25, 0.3) is 0 Å². The molecule has 0 atom stereocenters. The molecule has 1 aromatic carbocycles. The third-order valence-electron chi connectivity index (χ3n) is 2.29.